The number of hydrogen-bond donors (Lipinski definition) is 3. The molecule has 25 heavy (non-hydrogen) atoms. The van der Waals surface area contributed by atoms with E-state index in [0.29, 0.717) is 5.56 Å². The SMILES string of the molecule is Oc1cccc(C(O)C2CCN(CCc3ccc(P)cc3)CC2)c1O. The molecule has 4 nitrogen and oxygen atoms in total. The smallest absolute Gasteiger partial charge is 0.163 e. The van der Waals surface area contributed by atoms with Crippen molar-refractivity contribution in [3.05, 3.63) is 53.6 Å². The second-order valence-electron chi connectivity index (χ2n) is 6.83. The summed E-state index contributed by atoms with van der Waals surface area (Å²) < 4.78 is 0. The minimum Gasteiger partial charge on any atom is -0.504 e. The molecule has 1 fully saturated rings. The molecule has 0 aliphatic carbocycles. The van der Waals surface area contributed by atoms with Gasteiger partial charge in [0.1, 0.15) is 0 Å². The lowest BCUT2D eigenvalue weighted by Crippen LogP contribution is -2.36. The number of rotatable bonds is 5. The lowest BCUT2D eigenvalue weighted by atomic mass is 9.87. The predicted molar refractivity (Wildman–Crippen MR) is 103 cm³/mol. The van der Waals surface area contributed by atoms with E-state index in [4.69, 9.17) is 0 Å². The Kier molecular flexibility index (Phi) is 5.95. The number of piperidine rings is 1. The standard InChI is InChI=1S/C20H26NO3P/c22-18-3-1-2-17(20(18)24)19(23)15-9-12-21(13-10-15)11-8-14-4-6-16(25)7-5-14/h1-7,15,19,22-24H,8-13,25H2. The van der Waals surface area contributed by atoms with E-state index in [0.717, 1.165) is 38.9 Å². The number of phenols is 2. The van der Waals surface area contributed by atoms with Crippen LogP contribution in [-0.2, 0) is 6.42 Å². The van der Waals surface area contributed by atoms with Crippen molar-refractivity contribution in [2.45, 2.75) is 25.4 Å². The zero-order chi connectivity index (χ0) is 17.8. The van der Waals surface area contributed by atoms with Gasteiger partial charge in [0, 0.05) is 12.1 Å². The molecule has 1 aliphatic heterocycles. The predicted octanol–water partition coefficient (Wildman–Crippen LogP) is 2.59. The Balaban J connectivity index is 1.51. The van der Waals surface area contributed by atoms with Crippen LogP contribution in [0.25, 0.3) is 0 Å². The van der Waals surface area contributed by atoms with Crippen molar-refractivity contribution in [2.75, 3.05) is 19.6 Å². The summed E-state index contributed by atoms with van der Waals surface area (Å²) in [5, 5.41) is 31.4. The quantitative estimate of drug-likeness (QED) is 0.567. The molecule has 1 saturated heterocycles. The largest absolute Gasteiger partial charge is 0.504 e. The van der Waals surface area contributed by atoms with Crippen LogP contribution in [0.4, 0.5) is 0 Å². The monoisotopic (exact) mass is 359 g/mol. The highest BCUT2D eigenvalue weighted by molar-refractivity contribution is 7.27. The second kappa shape index (κ2) is 8.18. The maximum absolute atomic E-state index is 10.6. The van der Waals surface area contributed by atoms with Gasteiger partial charge in [0.2, 0.25) is 0 Å². The highest BCUT2D eigenvalue weighted by atomic mass is 31.0. The van der Waals surface area contributed by atoms with Gasteiger partial charge in [0.15, 0.2) is 11.5 Å². The first-order valence-corrected chi connectivity index (χ1v) is 9.38. The summed E-state index contributed by atoms with van der Waals surface area (Å²) in [6.07, 6.45) is 2.08. The molecular weight excluding hydrogens is 333 g/mol. The Bertz CT molecular complexity index is 697. The van der Waals surface area contributed by atoms with Crippen molar-refractivity contribution >= 4 is 14.5 Å². The van der Waals surface area contributed by atoms with E-state index in [1.165, 1.54) is 16.9 Å². The Morgan fingerprint density at radius 1 is 1.04 bits per heavy atom. The van der Waals surface area contributed by atoms with Crippen LogP contribution in [0.15, 0.2) is 42.5 Å². The summed E-state index contributed by atoms with van der Waals surface area (Å²) in [5.41, 5.74) is 1.77. The molecule has 3 rings (SSSR count). The molecule has 134 valence electrons. The molecule has 1 heterocycles. The molecule has 1 aliphatic rings. The fourth-order valence-electron chi connectivity index (χ4n) is 3.51. The molecule has 0 amide bonds. The van der Waals surface area contributed by atoms with E-state index in [1.807, 2.05) is 0 Å². The summed E-state index contributed by atoms with van der Waals surface area (Å²) in [6, 6.07) is 13.3. The average Bonchev–Trinajstić information content (AvgIpc) is 2.63. The van der Waals surface area contributed by atoms with Crippen molar-refractivity contribution in [2.24, 2.45) is 5.92 Å². The number of hydrogen-bond acceptors (Lipinski definition) is 4. The molecular formula is C20H26NO3P. The number of aliphatic hydroxyl groups excluding tert-OH is 1. The lowest BCUT2D eigenvalue weighted by Gasteiger charge is -2.34. The lowest BCUT2D eigenvalue weighted by molar-refractivity contribution is 0.0573. The van der Waals surface area contributed by atoms with Gasteiger partial charge in [-0.1, -0.05) is 36.4 Å². The minimum absolute atomic E-state index is 0.111. The van der Waals surface area contributed by atoms with E-state index >= 15 is 0 Å². The van der Waals surface area contributed by atoms with Crippen LogP contribution in [0.1, 0.15) is 30.1 Å². The molecule has 3 N–H and O–H groups in total. The highest BCUT2D eigenvalue weighted by Crippen LogP contribution is 2.38. The third-order valence-corrected chi connectivity index (χ3v) is 5.52. The topological polar surface area (TPSA) is 63.9 Å². The van der Waals surface area contributed by atoms with E-state index in [2.05, 4.69) is 38.4 Å². The Hall–Kier alpha value is -1.61. The molecule has 5 heteroatoms. The third-order valence-electron chi connectivity index (χ3n) is 5.14. The van der Waals surface area contributed by atoms with Gasteiger partial charge >= 0.3 is 0 Å². The summed E-state index contributed by atoms with van der Waals surface area (Å²) in [4.78, 5) is 2.43. The number of aliphatic hydroxyl groups is 1. The maximum Gasteiger partial charge on any atom is 0.163 e. The zero-order valence-corrected chi connectivity index (χ0v) is 15.5. The molecule has 2 aromatic carbocycles. The van der Waals surface area contributed by atoms with Gasteiger partial charge < -0.3 is 20.2 Å². The molecule has 0 bridgehead atoms. The van der Waals surface area contributed by atoms with Crippen LogP contribution in [0.3, 0.4) is 0 Å². The Labute approximate surface area is 151 Å². The number of nitrogens with zero attached hydrogens (tertiary/aromatic N) is 1. The number of phenolic OH excluding ortho intramolecular Hbond substituents is 2. The van der Waals surface area contributed by atoms with E-state index < -0.39 is 6.10 Å². The van der Waals surface area contributed by atoms with Crippen molar-refractivity contribution in [3.8, 4) is 11.5 Å². The molecule has 0 spiro atoms. The van der Waals surface area contributed by atoms with Crippen molar-refractivity contribution in [3.63, 3.8) is 0 Å². The fourth-order valence-corrected chi connectivity index (χ4v) is 3.70. The first-order chi connectivity index (χ1) is 12.0. The van der Waals surface area contributed by atoms with Gasteiger partial charge in [0.25, 0.3) is 0 Å². The first kappa shape index (κ1) is 18.2. The van der Waals surface area contributed by atoms with Crippen molar-refractivity contribution in [1.29, 1.82) is 0 Å². The van der Waals surface area contributed by atoms with Gasteiger partial charge in [-0.05, 0) is 55.2 Å². The Morgan fingerprint density at radius 3 is 2.40 bits per heavy atom. The van der Waals surface area contributed by atoms with Crippen molar-refractivity contribution < 1.29 is 15.3 Å². The van der Waals surface area contributed by atoms with Crippen LogP contribution in [-0.4, -0.2) is 39.9 Å². The van der Waals surface area contributed by atoms with E-state index in [9.17, 15) is 15.3 Å². The normalized spacial score (nSPS) is 17.5. The number of para-hydroxylation sites is 1. The van der Waals surface area contributed by atoms with Gasteiger partial charge in [-0.3, -0.25) is 0 Å². The maximum atomic E-state index is 10.6. The van der Waals surface area contributed by atoms with Gasteiger partial charge in [-0.15, -0.1) is 9.24 Å². The average molecular weight is 359 g/mol. The van der Waals surface area contributed by atoms with Crippen molar-refractivity contribution in [1.82, 2.24) is 4.90 Å². The molecule has 0 aromatic heterocycles. The third kappa shape index (κ3) is 4.52. The van der Waals surface area contributed by atoms with Crippen LogP contribution >= 0.6 is 9.24 Å². The summed E-state index contributed by atoms with van der Waals surface area (Å²) in [5.74, 6) is -0.263. The fraction of sp³-hybridized carbons (Fsp3) is 0.400. The molecule has 0 saturated carbocycles. The van der Waals surface area contributed by atoms with Crippen LogP contribution in [0.5, 0.6) is 11.5 Å². The minimum atomic E-state index is -0.733. The number of likely N-dealkylation sites (tertiary alicyclic amines) is 1. The van der Waals surface area contributed by atoms with E-state index in [1.54, 1.807) is 12.1 Å². The van der Waals surface area contributed by atoms with Crippen LogP contribution in [0.2, 0.25) is 0 Å². The molecule has 2 unspecified atom stereocenters. The first-order valence-electron chi connectivity index (χ1n) is 8.80. The summed E-state index contributed by atoms with van der Waals surface area (Å²) in [7, 11) is 2.70. The molecule has 0 radical (unpaired) electrons. The second-order valence-corrected chi connectivity index (χ2v) is 7.50. The van der Waals surface area contributed by atoms with Crippen LogP contribution < -0.4 is 5.30 Å². The highest BCUT2D eigenvalue weighted by Gasteiger charge is 2.28. The van der Waals surface area contributed by atoms with Crippen LogP contribution in [0, 0.1) is 5.92 Å². The molecule has 2 atom stereocenters. The molecule has 2 aromatic rings. The number of benzene rings is 2. The number of aromatic hydroxyl groups is 2. The van der Waals surface area contributed by atoms with Gasteiger partial charge in [-0.25, -0.2) is 0 Å². The summed E-state index contributed by atoms with van der Waals surface area (Å²) >= 11 is 0. The zero-order valence-electron chi connectivity index (χ0n) is 14.3. The van der Waals surface area contributed by atoms with E-state index in [-0.39, 0.29) is 17.4 Å². The summed E-state index contributed by atoms with van der Waals surface area (Å²) in [6.45, 7) is 2.92. The Morgan fingerprint density at radius 2 is 1.72 bits per heavy atom. The van der Waals surface area contributed by atoms with Gasteiger partial charge in [0.05, 0.1) is 6.10 Å². The van der Waals surface area contributed by atoms with Gasteiger partial charge in [-0.2, -0.15) is 0 Å².